The van der Waals surface area contributed by atoms with Crippen molar-refractivity contribution in [2.24, 2.45) is 0 Å². The van der Waals surface area contributed by atoms with Crippen LogP contribution in [0.15, 0.2) is 170 Å². The third-order valence-electron chi connectivity index (χ3n) is 27.3. The van der Waals surface area contributed by atoms with Crippen LogP contribution < -0.4 is 33.2 Å². The second-order valence-electron chi connectivity index (χ2n) is 38.9. The zero-order chi connectivity index (χ0) is 145. The number of likely N-dealkylation sites (N-methyl/N-ethyl adjacent to an activating group) is 7. The summed E-state index contributed by atoms with van der Waals surface area (Å²) in [6, 6.07) is 40.9. The molecule has 14 rings (SSSR count). The van der Waals surface area contributed by atoms with E-state index in [1.165, 1.54) is 157 Å². The van der Waals surface area contributed by atoms with Gasteiger partial charge in [-0.1, -0.05) is 220 Å². The van der Waals surface area contributed by atoms with Crippen LogP contribution in [0.1, 0.15) is 375 Å². The highest BCUT2D eigenvalue weighted by Crippen LogP contribution is 2.49. The number of aliphatic hydroxyl groups is 7. The van der Waals surface area contributed by atoms with Crippen molar-refractivity contribution in [3.8, 4) is 40.2 Å². The molecule has 0 aromatic heterocycles. The van der Waals surface area contributed by atoms with E-state index in [1.54, 1.807) is 64.6 Å². The van der Waals surface area contributed by atoms with E-state index in [9.17, 15) is 35.7 Å². The molecule has 140 heavy (non-hydrogen) atoms. The summed E-state index contributed by atoms with van der Waals surface area (Å²) in [6.07, 6.45) is 22.4. The highest BCUT2D eigenvalue weighted by atomic mass is 16.5. The number of hydrogen-bond acceptors (Lipinski definition) is 21. The summed E-state index contributed by atoms with van der Waals surface area (Å²) >= 11 is 0. The second kappa shape index (κ2) is 58.7. The quantitative estimate of drug-likeness (QED) is 0.0196. The van der Waals surface area contributed by atoms with Crippen molar-refractivity contribution in [1.82, 2.24) is 34.3 Å². The zero-order valence-electron chi connectivity index (χ0n) is 134. The molecule has 7 aromatic carbocycles. The van der Waals surface area contributed by atoms with Crippen molar-refractivity contribution < 1.29 is 139 Å². The zero-order valence-corrected chi connectivity index (χ0v) is 82.9. The average Bonchev–Trinajstić information content (AvgIpc) is 0.714. The molecule has 21 nitrogen and oxygen atoms in total. The Kier molecular flexibility index (Phi) is 26.5. The van der Waals surface area contributed by atoms with Crippen LogP contribution in [-0.2, 0) is 0 Å². The fourth-order valence-corrected chi connectivity index (χ4v) is 20.1. The number of hydrogen-bond donors (Lipinski definition) is 7. The normalized spacial score (nSPS) is 27.7. The van der Waals surface area contributed by atoms with E-state index in [2.05, 4.69) is 0 Å². The molecule has 21 heteroatoms. The average molecular weight is 1990 g/mol. The van der Waals surface area contributed by atoms with Gasteiger partial charge in [0.1, 0.15) is 40.2 Å². The second-order valence-corrected chi connectivity index (χ2v) is 38.9. The fraction of sp³-hybridized carbons (Fsp3) is 0.647. The van der Waals surface area contributed by atoms with Gasteiger partial charge in [0.2, 0.25) is 0 Å². The Morgan fingerprint density at radius 2 is 0.393 bits per heavy atom. The van der Waals surface area contributed by atoms with E-state index in [-0.39, 0.29) is 93.4 Å². The maximum absolute atomic E-state index is 11.4. The Morgan fingerprint density at radius 3 is 0.600 bits per heavy atom. The van der Waals surface area contributed by atoms with Crippen LogP contribution in [0.3, 0.4) is 0 Å². The third kappa shape index (κ3) is 36.7. The summed E-state index contributed by atoms with van der Waals surface area (Å²) in [7, 11) is -5.39. The number of methoxy groups -OCH3 is 7. The Balaban J connectivity index is 0.000000266. The Morgan fingerprint density at radius 1 is 0.214 bits per heavy atom. The molecule has 7 aromatic rings. The lowest BCUT2D eigenvalue weighted by Crippen LogP contribution is -2.42. The minimum Gasteiger partial charge on any atom is -0.497 e. The smallest absolute Gasteiger partial charge is 0.118 e. The molecule has 7 saturated carbocycles. The van der Waals surface area contributed by atoms with Crippen LogP contribution >= 0.6 is 0 Å². The molecule has 7 fully saturated rings. The van der Waals surface area contributed by atoms with Gasteiger partial charge in [-0.3, -0.25) is 0 Å². The molecule has 0 radical (unpaired) electrons. The van der Waals surface area contributed by atoms with Gasteiger partial charge >= 0.3 is 0 Å². The van der Waals surface area contributed by atoms with Crippen molar-refractivity contribution in [3.63, 3.8) is 0 Å². The van der Waals surface area contributed by atoms with Gasteiger partial charge in [0, 0.05) is 128 Å². The molecule has 0 spiro atoms. The van der Waals surface area contributed by atoms with E-state index in [0.29, 0.717) is 129 Å². The predicted molar refractivity (Wildman–Crippen MR) is 576 cm³/mol. The largest absolute Gasteiger partial charge is 0.497 e. The number of nitrogens with zero attached hydrogens (tertiary/aromatic N) is 7. The van der Waals surface area contributed by atoms with Gasteiger partial charge in [0.05, 0.1) is 117 Å². The van der Waals surface area contributed by atoms with Gasteiger partial charge < -0.3 is 103 Å². The number of rotatable bonds is 35. The van der Waals surface area contributed by atoms with Crippen molar-refractivity contribution in [2.45, 2.75) is 305 Å². The first-order chi connectivity index (χ1) is 86.6. The highest BCUT2D eigenvalue weighted by molar-refractivity contribution is 5.38. The van der Waals surface area contributed by atoms with Gasteiger partial charge in [0.15, 0.2) is 0 Å². The van der Waals surface area contributed by atoms with Gasteiger partial charge in [-0.2, -0.15) is 0 Å². The van der Waals surface area contributed by atoms with Crippen molar-refractivity contribution in [1.29, 1.82) is 0 Å². The van der Waals surface area contributed by atoms with Crippen LogP contribution in [0, 0.1) is 0 Å². The SMILES string of the molecule is [2H]C([2H])([2H])Oc1ccc(C(C2(O)CCCCC2)C([2H])([2H])N(C([2H])([2H])[2H])C([2H])([2H])[2H])cc1.[2H]C([2H])([2H])Oc1ccc(C(C2(O)CCCCC2)C([2H])([2H])N(C)C([2H])([2H])[2H])cc1.[2H]C([2H])([2H])Oc1ccc(C(C2(O)CCCCC2)C([2H])([2H])N(C)C)cc1.[2H]C([2H])([2H])Oc1ccc(C([2H])(C2(O)CCCCC2)C([2H])([2H])N(C)C)cc1.[2H]C([2H])([2H])Oc1ccc(C([2H])(CN(C([2H])([2H])[2H])C([2H])([2H])[2H])C2(O)CCCCC2)cc1.[2H]C([2H])([2H])Oc1ccc(C([2H])(CN(C)C([2H])([2H])[2H])C2(O)CCCCC2)cc1.[2H]C([2H])([2H])Oc1ccc(C([2H])(CN(C)C)C2(O)CCCCC2)cc1. The molecule has 7 aliphatic rings. The third-order valence-corrected chi connectivity index (χ3v) is 27.3. The lowest BCUT2D eigenvalue weighted by Gasteiger charge is -2.40. The Bertz CT molecular complexity index is 6620. The first-order valence-corrected chi connectivity index (χ1v) is 48.8. The molecule has 7 N–H and O–H groups in total. The molecule has 0 saturated heterocycles. The van der Waals surface area contributed by atoms with Crippen LogP contribution in [0.2, 0.25) is 0 Å². The lowest BCUT2D eigenvalue weighted by atomic mass is 9.72. The van der Waals surface area contributed by atoms with Gasteiger partial charge in [-0.05, 0) is 312 Å². The maximum atomic E-state index is 11.4. The molecule has 0 heterocycles. The molecule has 7 atom stereocenters. The van der Waals surface area contributed by atoms with Gasteiger partial charge in [-0.25, -0.2) is 0 Å². The van der Waals surface area contributed by atoms with E-state index in [0.717, 1.165) is 114 Å². The first kappa shape index (κ1) is 63.2. The molecule has 7 unspecified atom stereocenters. The summed E-state index contributed by atoms with van der Waals surface area (Å²) in [5, 5.41) is 79.2. The number of ether oxygens (including phenoxy) is 7. The summed E-state index contributed by atoms with van der Waals surface area (Å²) in [5.41, 5.74) is -7.08. The van der Waals surface area contributed by atoms with Gasteiger partial charge in [0.25, 0.3) is 0 Å². The first-order valence-electron chi connectivity index (χ1n) is 74.3. The van der Waals surface area contributed by atoms with E-state index in [4.69, 9.17) is 103 Å². The van der Waals surface area contributed by atoms with Gasteiger partial charge in [-0.15, -0.1) is 0 Å². The summed E-state index contributed by atoms with van der Waals surface area (Å²) in [4.78, 5) is 6.61. The van der Waals surface area contributed by atoms with Crippen LogP contribution in [0.25, 0.3) is 0 Å². The van der Waals surface area contributed by atoms with E-state index >= 15 is 0 Å². The Labute approximate surface area is 918 Å². The van der Waals surface area contributed by atoms with E-state index < -0.39 is 204 Å². The standard InChI is InChI=1S/7C17H27NO2/c7*1-18(2)13-16(17(19)11-5-4-6-12-17)14-7-9-15(20-3)10-8-14/h7*7-10,16,19H,4-6,11-13H2,1-3H3/i1D3,2D3,3D3,16D;1D3,2D3,3D3,13D2;3D3,13D2,16D;1D3,3D3,16D;1D3,3D3,13D2;3D3,16D;3D3,13D2. The fourth-order valence-electron chi connectivity index (χ4n) is 20.1. The molecular weight excluding hydrogens is 1750 g/mol. The molecule has 0 amide bonds. The van der Waals surface area contributed by atoms with Crippen LogP contribution in [0.4, 0.5) is 0 Å². The predicted octanol–water partition coefficient (Wildman–Crippen LogP) is 21.2. The van der Waals surface area contributed by atoms with Crippen molar-refractivity contribution in [2.75, 3.05) is 193 Å². The monoisotopic (exact) mass is 1990 g/mol. The molecule has 7 aliphatic carbocycles. The van der Waals surface area contributed by atoms with Crippen LogP contribution in [0.5, 0.6) is 40.2 Å². The van der Waals surface area contributed by atoms with Crippen molar-refractivity contribution >= 4 is 0 Å². The van der Waals surface area contributed by atoms with Crippen molar-refractivity contribution in [3.05, 3.63) is 209 Å². The van der Waals surface area contributed by atoms with Crippen LogP contribution in [-0.4, -0.2) is 302 Å². The van der Waals surface area contributed by atoms with E-state index in [1.807, 2.05) is 19.0 Å². The molecular formula is C119H189N7O14. The summed E-state index contributed by atoms with van der Waals surface area (Å²) in [5.74, 6) is -9.32. The molecule has 0 bridgehead atoms. The number of benzene rings is 7. The Hall–Kier alpha value is -7.42. The summed E-state index contributed by atoms with van der Waals surface area (Å²) < 4.78 is 427. The molecule has 784 valence electrons. The molecule has 0 aliphatic heterocycles. The highest BCUT2D eigenvalue weighted by Gasteiger charge is 2.46. The minimum absolute atomic E-state index is 0.0141. The maximum Gasteiger partial charge on any atom is 0.118 e. The topological polar surface area (TPSA) is 229 Å². The summed E-state index contributed by atoms with van der Waals surface area (Å²) in [6.45, 7) is -27.5. The lowest BCUT2D eigenvalue weighted by molar-refractivity contribution is -0.0280. The minimum atomic E-state index is -3.30.